The van der Waals surface area contributed by atoms with E-state index < -0.39 is 42.9 Å². The third-order valence-electron chi connectivity index (χ3n) is 1.11. The summed E-state index contributed by atoms with van der Waals surface area (Å²) in [6, 6.07) is 0. The third-order valence-corrected chi connectivity index (χ3v) is 3.83. The van der Waals surface area contributed by atoms with Gasteiger partial charge in [0.2, 0.25) is 0 Å². The molecule has 0 saturated heterocycles. The van der Waals surface area contributed by atoms with Gasteiger partial charge in [-0.25, -0.2) is 16.8 Å². The number of carboxylic acids is 1. The first-order chi connectivity index (χ1) is 5.62. The van der Waals surface area contributed by atoms with Gasteiger partial charge in [0.05, 0.1) is 11.5 Å². The fourth-order valence-corrected chi connectivity index (χ4v) is 3.29. The van der Waals surface area contributed by atoms with E-state index in [4.69, 9.17) is 5.11 Å². The molecule has 0 aromatic rings. The van der Waals surface area contributed by atoms with E-state index in [1.807, 2.05) is 0 Å². The number of sulfone groups is 2. The zero-order valence-electron chi connectivity index (χ0n) is 6.93. The van der Waals surface area contributed by atoms with Crippen molar-refractivity contribution in [3.05, 3.63) is 0 Å². The van der Waals surface area contributed by atoms with Gasteiger partial charge in [-0.15, -0.1) is 0 Å². The predicted octanol–water partition coefficient (Wildman–Crippen LogP) is -1.47. The molecular weight excluding hydrogens is 220 g/mol. The van der Waals surface area contributed by atoms with Gasteiger partial charge in [-0.2, -0.15) is 0 Å². The van der Waals surface area contributed by atoms with E-state index in [1.54, 1.807) is 0 Å². The molecule has 6 nitrogen and oxygen atoms in total. The summed E-state index contributed by atoms with van der Waals surface area (Å²) in [4.78, 5) is 10.0. The summed E-state index contributed by atoms with van der Waals surface area (Å²) in [7, 11) is -7.16. The lowest BCUT2D eigenvalue weighted by molar-refractivity contribution is -0.134. The molecule has 0 unspecified atom stereocenters. The molecule has 0 atom stereocenters. The third kappa shape index (κ3) is 7.72. The van der Waals surface area contributed by atoms with Crippen LogP contribution in [-0.2, 0) is 24.5 Å². The second-order valence-electron chi connectivity index (χ2n) is 2.62. The molecule has 0 aliphatic heterocycles. The highest BCUT2D eigenvalue weighted by Crippen LogP contribution is 1.93. The second-order valence-corrected chi connectivity index (χ2v) is 7.06. The zero-order valence-corrected chi connectivity index (χ0v) is 8.56. The van der Waals surface area contributed by atoms with E-state index in [0.717, 1.165) is 6.26 Å². The van der Waals surface area contributed by atoms with Gasteiger partial charge in [-0.05, 0) is 0 Å². The Hall–Kier alpha value is -0.630. The van der Waals surface area contributed by atoms with Crippen molar-refractivity contribution in [3.8, 4) is 0 Å². The summed E-state index contributed by atoms with van der Waals surface area (Å²) in [6.07, 6.45) is 0.892. The second kappa shape index (κ2) is 4.05. The van der Waals surface area contributed by atoms with Crippen molar-refractivity contribution >= 4 is 25.6 Å². The largest absolute Gasteiger partial charge is 0.480 e. The molecule has 0 bridgehead atoms. The summed E-state index contributed by atoms with van der Waals surface area (Å²) in [5.41, 5.74) is 0. The molecule has 0 aliphatic rings. The van der Waals surface area contributed by atoms with E-state index >= 15 is 0 Å². The Kier molecular flexibility index (Phi) is 3.86. The van der Waals surface area contributed by atoms with Crippen molar-refractivity contribution in [2.45, 2.75) is 0 Å². The molecular formula is C5H10O6S2. The van der Waals surface area contributed by atoms with Crippen LogP contribution >= 0.6 is 0 Å². The summed E-state index contributed by atoms with van der Waals surface area (Å²) in [6.45, 7) is 0. The van der Waals surface area contributed by atoms with Crippen LogP contribution in [0.3, 0.4) is 0 Å². The normalized spacial score (nSPS) is 12.7. The van der Waals surface area contributed by atoms with Gasteiger partial charge in [-0.1, -0.05) is 0 Å². The first-order valence-corrected chi connectivity index (χ1v) is 7.10. The van der Waals surface area contributed by atoms with Crippen LogP contribution in [0, 0.1) is 0 Å². The molecule has 0 spiro atoms. The molecule has 0 aliphatic carbocycles. The minimum Gasteiger partial charge on any atom is -0.480 e. The van der Waals surface area contributed by atoms with Gasteiger partial charge in [0.15, 0.2) is 9.84 Å². The standard InChI is InChI=1S/C5H10O6S2/c1-12(8,9)2-3-13(10,11)4-5(6)7/h2-4H2,1H3,(H,6,7). The Morgan fingerprint density at radius 3 is 1.92 bits per heavy atom. The SMILES string of the molecule is CS(=O)(=O)CCS(=O)(=O)CC(=O)O. The van der Waals surface area contributed by atoms with Crippen LogP contribution in [0.25, 0.3) is 0 Å². The Morgan fingerprint density at radius 2 is 1.62 bits per heavy atom. The first kappa shape index (κ1) is 12.4. The van der Waals surface area contributed by atoms with E-state index in [1.165, 1.54) is 0 Å². The molecule has 13 heavy (non-hydrogen) atoms. The van der Waals surface area contributed by atoms with Gasteiger partial charge in [0, 0.05) is 6.26 Å². The van der Waals surface area contributed by atoms with Gasteiger partial charge in [0.1, 0.15) is 15.6 Å². The number of hydrogen-bond acceptors (Lipinski definition) is 5. The van der Waals surface area contributed by atoms with E-state index in [9.17, 15) is 21.6 Å². The summed E-state index contributed by atoms with van der Waals surface area (Å²) < 4.78 is 42.8. The van der Waals surface area contributed by atoms with Gasteiger partial charge >= 0.3 is 5.97 Å². The van der Waals surface area contributed by atoms with Crippen molar-refractivity contribution in [2.24, 2.45) is 0 Å². The maximum Gasteiger partial charge on any atom is 0.318 e. The Bertz CT molecular complexity index is 375. The average molecular weight is 230 g/mol. The van der Waals surface area contributed by atoms with E-state index in [2.05, 4.69) is 0 Å². The van der Waals surface area contributed by atoms with Gasteiger partial charge < -0.3 is 5.11 Å². The first-order valence-electron chi connectivity index (χ1n) is 3.22. The van der Waals surface area contributed by atoms with Crippen molar-refractivity contribution in [3.63, 3.8) is 0 Å². The fraction of sp³-hybridized carbons (Fsp3) is 0.800. The monoisotopic (exact) mass is 230 g/mol. The quantitative estimate of drug-likeness (QED) is 0.618. The molecule has 0 radical (unpaired) electrons. The lowest BCUT2D eigenvalue weighted by atomic mass is 10.8. The highest BCUT2D eigenvalue weighted by Gasteiger charge is 2.18. The molecule has 0 fully saturated rings. The summed E-state index contributed by atoms with van der Waals surface area (Å²) >= 11 is 0. The molecule has 1 N–H and O–H groups in total. The molecule has 0 heterocycles. The van der Waals surface area contributed by atoms with Crippen LogP contribution in [-0.4, -0.2) is 51.4 Å². The maximum atomic E-state index is 10.8. The van der Waals surface area contributed by atoms with Crippen LogP contribution in [0.5, 0.6) is 0 Å². The van der Waals surface area contributed by atoms with Crippen molar-refractivity contribution < 1.29 is 26.7 Å². The Balaban J connectivity index is 4.30. The van der Waals surface area contributed by atoms with Crippen molar-refractivity contribution in [1.82, 2.24) is 0 Å². The molecule has 0 aromatic heterocycles. The summed E-state index contributed by atoms with van der Waals surface area (Å²) in [5.74, 6) is -3.68. The maximum absolute atomic E-state index is 10.8. The number of carboxylic acid groups (broad SMARTS) is 1. The number of hydrogen-bond donors (Lipinski definition) is 1. The van der Waals surface area contributed by atoms with Crippen molar-refractivity contribution in [2.75, 3.05) is 23.5 Å². The van der Waals surface area contributed by atoms with Crippen LogP contribution in [0.2, 0.25) is 0 Å². The predicted molar refractivity (Wildman–Crippen MR) is 46.0 cm³/mol. The Morgan fingerprint density at radius 1 is 1.15 bits per heavy atom. The van der Waals surface area contributed by atoms with E-state index in [0.29, 0.717) is 0 Å². The van der Waals surface area contributed by atoms with Crippen LogP contribution in [0.1, 0.15) is 0 Å². The van der Waals surface area contributed by atoms with Crippen molar-refractivity contribution in [1.29, 1.82) is 0 Å². The lowest BCUT2D eigenvalue weighted by Gasteiger charge is -1.99. The Labute approximate surface area is 76.4 Å². The average Bonchev–Trinajstić information content (AvgIpc) is 1.79. The lowest BCUT2D eigenvalue weighted by Crippen LogP contribution is -2.22. The topological polar surface area (TPSA) is 106 Å². The van der Waals surface area contributed by atoms with Gasteiger partial charge in [-0.3, -0.25) is 4.79 Å². The molecule has 78 valence electrons. The van der Waals surface area contributed by atoms with Crippen LogP contribution in [0.15, 0.2) is 0 Å². The number of aliphatic carboxylic acids is 1. The van der Waals surface area contributed by atoms with Gasteiger partial charge in [0.25, 0.3) is 0 Å². The minimum atomic E-state index is -3.79. The molecule has 0 aromatic carbocycles. The number of carbonyl (C=O) groups is 1. The minimum absolute atomic E-state index is 0.539. The molecule has 0 rings (SSSR count). The highest BCUT2D eigenvalue weighted by molar-refractivity contribution is 7.95. The molecule has 0 amide bonds. The smallest absolute Gasteiger partial charge is 0.318 e. The zero-order chi connectivity index (χ0) is 10.7. The molecule has 0 saturated carbocycles. The van der Waals surface area contributed by atoms with Crippen LogP contribution in [0.4, 0.5) is 0 Å². The summed E-state index contributed by atoms with van der Waals surface area (Å²) in [5, 5.41) is 8.15. The molecule has 8 heteroatoms. The fourth-order valence-electron chi connectivity index (χ4n) is 0.539. The number of rotatable bonds is 5. The highest BCUT2D eigenvalue weighted by atomic mass is 32.2. The van der Waals surface area contributed by atoms with E-state index in [-0.39, 0.29) is 0 Å². The van der Waals surface area contributed by atoms with Crippen LogP contribution < -0.4 is 0 Å².